The minimum atomic E-state index is -3.44. The zero-order chi connectivity index (χ0) is 11.2. The van der Waals surface area contributed by atoms with Gasteiger partial charge < -0.3 is 9.47 Å². The zero-order valence-corrected chi connectivity index (χ0v) is 9.46. The smallest absolute Gasteiger partial charge is 0.324 e. The van der Waals surface area contributed by atoms with Crippen LogP contribution in [-0.2, 0) is 24.1 Å². The van der Waals surface area contributed by atoms with E-state index in [2.05, 4.69) is 9.47 Å². The molecule has 0 amide bonds. The fraction of sp³-hybridized carbons (Fsp3) is 0.875. The van der Waals surface area contributed by atoms with E-state index in [-0.39, 0.29) is 19.0 Å². The maximum Gasteiger partial charge on any atom is 0.324 e. The van der Waals surface area contributed by atoms with Gasteiger partial charge in [-0.3, -0.25) is 4.79 Å². The number of hydrogen-bond donors (Lipinski definition) is 0. The SMILES string of the molecule is CCOC(=O)C(C)S(=O)(=O)CCOC. The van der Waals surface area contributed by atoms with Crippen LogP contribution in [-0.4, -0.2) is 45.7 Å². The fourth-order valence-electron chi connectivity index (χ4n) is 0.782. The molecule has 0 aromatic carbocycles. The first-order valence-corrected chi connectivity index (χ1v) is 6.04. The summed E-state index contributed by atoms with van der Waals surface area (Å²) in [6, 6.07) is 0. The van der Waals surface area contributed by atoms with Crippen LogP contribution in [0.2, 0.25) is 0 Å². The Labute approximate surface area is 84.3 Å². The summed E-state index contributed by atoms with van der Waals surface area (Å²) >= 11 is 0. The molecule has 0 aliphatic carbocycles. The van der Waals surface area contributed by atoms with Crippen LogP contribution in [0.15, 0.2) is 0 Å². The van der Waals surface area contributed by atoms with Gasteiger partial charge in [-0.1, -0.05) is 0 Å². The van der Waals surface area contributed by atoms with Crippen molar-refractivity contribution in [3.05, 3.63) is 0 Å². The van der Waals surface area contributed by atoms with Crippen LogP contribution >= 0.6 is 0 Å². The predicted octanol–water partition coefficient (Wildman–Crippen LogP) is -0.000800. The lowest BCUT2D eigenvalue weighted by atomic mass is 10.5. The maximum atomic E-state index is 11.4. The third-order valence-electron chi connectivity index (χ3n) is 1.73. The Bertz CT molecular complexity index is 269. The van der Waals surface area contributed by atoms with Gasteiger partial charge in [-0.25, -0.2) is 8.42 Å². The third-order valence-corrected chi connectivity index (χ3v) is 3.73. The lowest BCUT2D eigenvalue weighted by molar-refractivity contribution is -0.142. The number of methoxy groups -OCH3 is 1. The fourth-order valence-corrected chi connectivity index (χ4v) is 1.90. The van der Waals surface area contributed by atoms with Crippen molar-refractivity contribution >= 4 is 15.8 Å². The van der Waals surface area contributed by atoms with E-state index in [4.69, 9.17) is 0 Å². The van der Waals surface area contributed by atoms with E-state index in [1.807, 2.05) is 0 Å². The van der Waals surface area contributed by atoms with Gasteiger partial charge in [0.15, 0.2) is 15.1 Å². The van der Waals surface area contributed by atoms with Crippen molar-refractivity contribution in [1.29, 1.82) is 0 Å². The van der Waals surface area contributed by atoms with Crippen molar-refractivity contribution in [2.24, 2.45) is 0 Å². The summed E-state index contributed by atoms with van der Waals surface area (Å²) in [6.45, 7) is 3.23. The van der Waals surface area contributed by atoms with Crippen molar-refractivity contribution < 1.29 is 22.7 Å². The second kappa shape index (κ2) is 5.98. The first kappa shape index (κ1) is 13.4. The molecule has 1 unspecified atom stereocenters. The molecule has 0 saturated heterocycles. The number of esters is 1. The average molecular weight is 224 g/mol. The molecule has 0 spiro atoms. The Morgan fingerprint density at radius 1 is 1.43 bits per heavy atom. The first-order valence-electron chi connectivity index (χ1n) is 4.32. The minimum Gasteiger partial charge on any atom is -0.465 e. The molecular formula is C8H16O5S. The van der Waals surface area contributed by atoms with E-state index in [0.29, 0.717) is 0 Å². The highest BCUT2D eigenvalue weighted by Gasteiger charge is 2.28. The Morgan fingerprint density at radius 2 is 2.00 bits per heavy atom. The van der Waals surface area contributed by atoms with Crippen LogP contribution in [0.4, 0.5) is 0 Å². The van der Waals surface area contributed by atoms with Crippen LogP contribution in [0.1, 0.15) is 13.8 Å². The van der Waals surface area contributed by atoms with E-state index in [9.17, 15) is 13.2 Å². The average Bonchev–Trinajstić information content (AvgIpc) is 2.14. The molecule has 0 heterocycles. The normalized spacial score (nSPS) is 13.6. The van der Waals surface area contributed by atoms with Crippen LogP contribution in [0, 0.1) is 0 Å². The van der Waals surface area contributed by atoms with Gasteiger partial charge in [0.25, 0.3) is 0 Å². The van der Waals surface area contributed by atoms with Crippen LogP contribution in [0.3, 0.4) is 0 Å². The van der Waals surface area contributed by atoms with Gasteiger partial charge in [0.1, 0.15) is 0 Å². The van der Waals surface area contributed by atoms with E-state index in [1.165, 1.54) is 14.0 Å². The van der Waals surface area contributed by atoms with E-state index in [1.54, 1.807) is 6.92 Å². The topological polar surface area (TPSA) is 69.7 Å². The summed E-state index contributed by atoms with van der Waals surface area (Å²) < 4.78 is 32.1. The van der Waals surface area contributed by atoms with E-state index in [0.717, 1.165) is 0 Å². The van der Waals surface area contributed by atoms with Crippen LogP contribution < -0.4 is 0 Å². The van der Waals surface area contributed by atoms with Gasteiger partial charge in [-0.2, -0.15) is 0 Å². The van der Waals surface area contributed by atoms with Gasteiger partial charge in [-0.05, 0) is 13.8 Å². The number of rotatable bonds is 6. The lowest BCUT2D eigenvalue weighted by Gasteiger charge is -2.10. The number of hydrogen-bond acceptors (Lipinski definition) is 5. The molecule has 0 aromatic heterocycles. The monoisotopic (exact) mass is 224 g/mol. The molecule has 1 atom stereocenters. The Morgan fingerprint density at radius 3 is 2.43 bits per heavy atom. The first-order chi connectivity index (χ1) is 6.45. The Balaban J connectivity index is 4.35. The maximum absolute atomic E-state index is 11.4. The van der Waals surface area contributed by atoms with Gasteiger partial charge in [-0.15, -0.1) is 0 Å². The molecule has 0 rings (SSSR count). The number of carbonyl (C=O) groups is 1. The molecule has 0 aliphatic heterocycles. The van der Waals surface area contributed by atoms with Gasteiger partial charge in [0.2, 0.25) is 0 Å². The van der Waals surface area contributed by atoms with Crippen molar-refractivity contribution in [1.82, 2.24) is 0 Å². The van der Waals surface area contributed by atoms with Crippen molar-refractivity contribution in [3.8, 4) is 0 Å². The molecule has 5 nitrogen and oxygen atoms in total. The highest BCUT2D eigenvalue weighted by atomic mass is 32.2. The lowest BCUT2D eigenvalue weighted by Crippen LogP contribution is -2.32. The van der Waals surface area contributed by atoms with Crippen LogP contribution in [0.5, 0.6) is 0 Å². The van der Waals surface area contributed by atoms with Crippen molar-refractivity contribution in [2.45, 2.75) is 19.1 Å². The predicted molar refractivity (Wildman–Crippen MR) is 51.8 cm³/mol. The van der Waals surface area contributed by atoms with Gasteiger partial charge in [0.05, 0.1) is 19.0 Å². The second-order valence-corrected chi connectivity index (χ2v) is 5.20. The molecule has 0 fully saturated rings. The third kappa shape index (κ3) is 4.06. The minimum absolute atomic E-state index is 0.0894. The molecular weight excluding hydrogens is 208 g/mol. The Hall–Kier alpha value is -0.620. The summed E-state index contributed by atoms with van der Waals surface area (Å²) in [5.41, 5.74) is 0. The number of ether oxygens (including phenoxy) is 2. The van der Waals surface area contributed by atoms with Crippen molar-refractivity contribution in [2.75, 3.05) is 26.1 Å². The van der Waals surface area contributed by atoms with Gasteiger partial charge in [0, 0.05) is 7.11 Å². The standard InChI is InChI=1S/C8H16O5S/c1-4-13-8(9)7(2)14(10,11)6-5-12-3/h7H,4-6H2,1-3H3. The summed E-state index contributed by atoms with van der Waals surface area (Å²) in [5, 5.41) is -1.11. The van der Waals surface area contributed by atoms with Gasteiger partial charge >= 0.3 is 5.97 Å². The van der Waals surface area contributed by atoms with E-state index >= 15 is 0 Å². The molecule has 0 bridgehead atoms. The molecule has 0 saturated carbocycles. The second-order valence-electron chi connectivity index (χ2n) is 2.75. The molecule has 0 aromatic rings. The van der Waals surface area contributed by atoms with Crippen LogP contribution in [0.25, 0.3) is 0 Å². The summed E-state index contributed by atoms with van der Waals surface area (Å²) in [4.78, 5) is 11.1. The molecule has 6 heteroatoms. The summed E-state index contributed by atoms with van der Waals surface area (Å²) in [5.74, 6) is -0.868. The highest BCUT2D eigenvalue weighted by molar-refractivity contribution is 7.92. The largest absolute Gasteiger partial charge is 0.465 e. The van der Waals surface area contributed by atoms with Crippen molar-refractivity contribution in [3.63, 3.8) is 0 Å². The summed E-state index contributed by atoms with van der Waals surface area (Å²) in [6.07, 6.45) is 0. The van der Waals surface area contributed by atoms with E-state index < -0.39 is 21.1 Å². The Kier molecular flexibility index (Phi) is 5.71. The molecule has 0 N–H and O–H groups in total. The molecule has 14 heavy (non-hydrogen) atoms. The number of sulfone groups is 1. The molecule has 84 valence electrons. The quantitative estimate of drug-likeness (QED) is 0.594. The zero-order valence-electron chi connectivity index (χ0n) is 8.65. The molecule has 0 aliphatic rings. The number of carbonyl (C=O) groups excluding carboxylic acids is 1. The highest BCUT2D eigenvalue weighted by Crippen LogP contribution is 2.04. The summed E-state index contributed by atoms with van der Waals surface area (Å²) in [7, 11) is -2.04. The molecule has 0 radical (unpaired) electrons.